The van der Waals surface area contributed by atoms with E-state index >= 15 is 0 Å². The van der Waals surface area contributed by atoms with Crippen LogP contribution >= 0.6 is 11.6 Å². The highest BCUT2D eigenvalue weighted by atomic mass is 35.5. The van der Waals surface area contributed by atoms with Gasteiger partial charge in [0.1, 0.15) is 5.60 Å². The van der Waals surface area contributed by atoms with Crippen molar-refractivity contribution in [3.8, 4) is 17.3 Å². The van der Waals surface area contributed by atoms with Gasteiger partial charge in [-0.3, -0.25) is 0 Å². The van der Waals surface area contributed by atoms with E-state index in [9.17, 15) is 10.1 Å². The number of ether oxygens (including phenoxy) is 1. The highest BCUT2D eigenvalue weighted by Crippen LogP contribution is 2.27. The largest absolute Gasteiger partial charge is 0.444 e. The molecule has 3 rings (SSSR count). The van der Waals surface area contributed by atoms with Gasteiger partial charge in [-0.15, -0.1) is 0 Å². The Balaban J connectivity index is 1.77. The molecule has 2 heterocycles. The smallest absolute Gasteiger partial charge is 0.410 e. The zero-order valence-electron chi connectivity index (χ0n) is 16.1. The number of rotatable bonds is 2. The van der Waals surface area contributed by atoms with Gasteiger partial charge in [-0.2, -0.15) is 5.26 Å². The number of carbonyl (C=O) groups excluding carboxylic acids is 1. The summed E-state index contributed by atoms with van der Waals surface area (Å²) in [5.41, 5.74) is 2.39. The zero-order valence-corrected chi connectivity index (χ0v) is 16.9. The number of nitrogens with zero attached hydrogens (tertiary/aromatic N) is 5. The average Bonchev–Trinajstić information content (AvgIpc) is 2.66. The molecule has 0 radical (unpaired) electrons. The van der Waals surface area contributed by atoms with Crippen LogP contribution in [0.1, 0.15) is 26.3 Å². The van der Waals surface area contributed by atoms with Gasteiger partial charge < -0.3 is 14.5 Å². The van der Waals surface area contributed by atoms with Crippen LogP contribution in [0.2, 0.25) is 5.28 Å². The summed E-state index contributed by atoms with van der Waals surface area (Å²) in [6, 6.07) is 9.55. The summed E-state index contributed by atoms with van der Waals surface area (Å²) in [5, 5.41) is 9.57. The molecule has 146 valence electrons. The molecule has 0 atom stereocenters. The fraction of sp³-hybridized carbons (Fsp3) is 0.400. The maximum atomic E-state index is 12.2. The number of hydrogen-bond donors (Lipinski definition) is 0. The number of piperazine rings is 1. The number of carbonyl (C=O) groups is 1. The highest BCUT2D eigenvalue weighted by Gasteiger charge is 2.26. The van der Waals surface area contributed by atoms with Crippen LogP contribution in [0.25, 0.3) is 11.3 Å². The number of hydrogen-bond acceptors (Lipinski definition) is 6. The first-order chi connectivity index (χ1) is 13.2. The molecule has 1 aromatic heterocycles. The van der Waals surface area contributed by atoms with E-state index in [1.165, 1.54) is 0 Å². The van der Waals surface area contributed by atoms with Gasteiger partial charge in [0, 0.05) is 43.6 Å². The van der Waals surface area contributed by atoms with Crippen LogP contribution in [0.4, 0.5) is 10.5 Å². The van der Waals surface area contributed by atoms with Crippen molar-refractivity contribution in [2.24, 2.45) is 0 Å². The van der Waals surface area contributed by atoms with Crippen molar-refractivity contribution in [1.82, 2.24) is 14.9 Å². The van der Waals surface area contributed by atoms with E-state index in [4.69, 9.17) is 16.3 Å². The first-order valence-corrected chi connectivity index (χ1v) is 9.40. The van der Waals surface area contributed by atoms with Gasteiger partial charge in [-0.1, -0.05) is 0 Å². The molecule has 0 bridgehead atoms. The molecule has 1 saturated heterocycles. The van der Waals surface area contributed by atoms with Crippen molar-refractivity contribution in [3.05, 3.63) is 41.3 Å². The van der Waals surface area contributed by atoms with Crippen molar-refractivity contribution in [2.75, 3.05) is 31.1 Å². The SMILES string of the molecule is CC(C)(C)OC(=O)N1CCN(c2cc(C#N)cc(-c3ccnc(Cl)n3)c2)CC1. The van der Waals surface area contributed by atoms with Gasteiger partial charge in [-0.25, -0.2) is 14.8 Å². The fourth-order valence-corrected chi connectivity index (χ4v) is 3.12. The molecule has 0 N–H and O–H groups in total. The normalized spacial score (nSPS) is 14.5. The van der Waals surface area contributed by atoms with E-state index in [1.807, 2.05) is 32.9 Å². The van der Waals surface area contributed by atoms with Crippen LogP contribution in [0.5, 0.6) is 0 Å². The van der Waals surface area contributed by atoms with Gasteiger partial charge in [0.25, 0.3) is 0 Å². The Hall–Kier alpha value is -2.85. The monoisotopic (exact) mass is 399 g/mol. The van der Waals surface area contributed by atoms with Crippen LogP contribution in [0, 0.1) is 11.3 Å². The van der Waals surface area contributed by atoms with Crippen molar-refractivity contribution in [2.45, 2.75) is 26.4 Å². The van der Waals surface area contributed by atoms with Gasteiger partial charge >= 0.3 is 6.09 Å². The first kappa shape index (κ1) is 19.9. The molecule has 1 amide bonds. The second kappa shape index (κ2) is 8.03. The summed E-state index contributed by atoms with van der Waals surface area (Å²) in [6.45, 7) is 7.98. The molecule has 0 spiro atoms. The summed E-state index contributed by atoms with van der Waals surface area (Å²) < 4.78 is 5.44. The van der Waals surface area contributed by atoms with Gasteiger partial charge in [-0.05, 0) is 56.6 Å². The molecular weight excluding hydrogens is 378 g/mol. The van der Waals surface area contributed by atoms with Crippen molar-refractivity contribution in [3.63, 3.8) is 0 Å². The van der Waals surface area contributed by atoms with Crippen molar-refractivity contribution < 1.29 is 9.53 Å². The van der Waals surface area contributed by atoms with Crippen LogP contribution in [0.3, 0.4) is 0 Å². The van der Waals surface area contributed by atoms with E-state index in [0.717, 1.165) is 11.3 Å². The van der Waals surface area contributed by atoms with Gasteiger partial charge in [0.05, 0.1) is 17.3 Å². The Labute approximate surface area is 169 Å². The quantitative estimate of drug-likeness (QED) is 0.715. The molecule has 0 unspecified atom stereocenters. The predicted molar refractivity (Wildman–Crippen MR) is 107 cm³/mol. The predicted octanol–water partition coefficient (Wildman–Crippen LogP) is 3.73. The second-order valence-corrected chi connectivity index (χ2v) is 7.88. The second-order valence-electron chi connectivity index (χ2n) is 7.55. The molecule has 1 aromatic carbocycles. The Bertz CT molecular complexity index is 912. The van der Waals surface area contributed by atoms with E-state index < -0.39 is 5.60 Å². The summed E-state index contributed by atoms with van der Waals surface area (Å²) >= 11 is 5.90. The first-order valence-electron chi connectivity index (χ1n) is 9.02. The molecule has 2 aromatic rings. The fourth-order valence-electron chi connectivity index (χ4n) is 2.98. The lowest BCUT2D eigenvalue weighted by Gasteiger charge is -2.37. The van der Waals surface area contributed by atoms with E-state index in [0.29, 0.717) is 37.4 Å². The van der Waals surface area contributed by atoms with Crippen LogP contribution in [-0.4, -0.2) is 52.7 Å². The molecule has 0 saturated carbocycles. The van der Waals surface area contributed by atoms with Crippen molar-refractivity contribution >= 4 is 23.4 Å². The Kier molecular flexibility index (Phi) is 5.71. The summed E-state index contributed by atoms with van der Waals surface area (Å²) in [4.78, 5) is 24.2. The van der Waals surface area contributed by atoms with Gasteiger partial charge in [0.15, 0.2) is 0 Å². The third-order valence-corrected chi connectivity index (χ3v) is 4.45. The van der Waals surface area contributed by atoms with Gasteiger partial charge in [0.2, 0.25) is 5.28 Å². The molecule has 7 nitrogen and oxygen atoms in total. The third kappa shape index (κ3) is 4.90. The molecule has 1 fully saturated rings. The minimum Gasteiger partial charge on any atom is -0.444 e. The third-order valence-electron chi connectivity index (χ3n) is 4.27. The topological polar surface area (TPSA) is 82.4 Å². The molecule has 8 heteroatoms. The number of amides is 1. The number of nitriles is 1. The number of anilines is 1. The van der Waals surface area contributed by atoms with Crippen molar-refractivity contribution in [1.29, 1.82) is 5.26 Å². The maximum Gasteiger partial charge on any atom is 0.410 e. The van der Waals surface area contributed by atoms with E-state index in [-0.39, 0.29) is 11.4 Å². The standard InChI is InChI=1S/C20H22ClN5O2/c1-20(2,3)28-19(27)26-8-6-25(7-9-26)16-11-14(13-22)10-15(12-16)17-4-5-23-18(21)24-17/h4-5,10-12H,6-9H2,1-3H3. The molecular formula is C20H22ClN5O2. The highest BCUT2D eigenvalue weighted by molar-refractivity contribution is 6.28. The lowest BCUT2D eigenvalue weighted by molar-refractivity contribution is 0.0240. The summed E-state index contributed by atoms with van der Waals surface area (Å²) in [7, 11) is 0. The molecule has 0 aliphatic carbocycles. The number of benzene rings is 1. The minimum absolute atomic E-state index is 0.160. The van der Waals surface area contributed by atoms with Crippen LogP contribution < -0.4 is 4.90 Å². The Morgan fingerprint density at radius 2 is 1.93 bits per heavy atom. The lowest BCUT2D eigenvalue weighted by Crippen LogP contribution is -2.50. The average molecular weight is 400 g/mol. The Morgan fingerprint density at radius 1 is 1.21 bits per heavy atom. The molecule has 1 aliphatic rings. The van der Waals surface area contributed by atoms with E-state index in [2.05, 4.69) is 20.9 Å². The summed E-state index contributed by atoms with van der Waals surface area (Å²) in [6.07, 6.45) is 1.29. The van der Waals surface area contributed by atoms with Crippen LogP contribution in [-0.2, 0) is 4.74 Å². The molecule has 1 aliphatic heterocycles. The zero-order chi connectivity index (χ0) is 20.3. The summed E-state index contributed by atoms with van der Waals surface area (Å²) in [5.74, 6) is 0. The number of aromatic nitrogens is 2. The molecule has 28 heavy (non-hydrogen) atoms. The van der Waals surface area contributed by atoms with E-state index in [1.54, 1.807) is 23.2 Å². The maximum absolute atomic E-state index is 12.2. The lowest BCUT2D eigenvalue weighted by atomic mass is 10.1. The number of halogens is 1. The minimum atomic E-state index is -0.511. The van der Waals surface area contributed by atoms with Crippen LogP contribution in [0.15, 0.2) is 30.5 Å². The Morgan fingerprint density at radius 3 is 2.54 bits per heavy atom.